The summed E-state index contributed by atoms with van der Waals surface area (Å²) in [5, 5.41) is 42.3. The lowest BCUT2D eigenvalue weighted by Gasteiger charge is -2.17. The van der Waals surface area contributed by atoms with Crippen molar-refractivity contribution in [2.75, 3.05) is 0 Å². The summed E-state index contributed by atoms with van der Waals surface area (Å²) >= 11 is 0. The van der Waals surface area contributed by atoms with E-state index in [1.54, 1.807) is 0 Å². The first-order valence-electron chi connectivity index (χ1n) is 3.33. The van der Waals surface area contributed by atoms with E-state index in [0.717, 1.165) is 0 Å². The first kappa shape index (κ1) is 12.3. The van der Waals surface area contributed by atoms with Gasteiger partial charge in [0.25, 0.3) is 0 Å². The smallest absolute Gasteiger partial charge is 0.333 e. The molecule has 5 N–H and O–H groups in total. The summed E-state index contributed by atoms with van der Waals surface area (Å²) in [6, 6.07) is 0. The van der Waals surface area contributed by atoms with Crippen molar-refractivity contribution in [3.05, 3.63) is 0 Å². The number of aliphatic hydroxyl groups is 2. The van der Waals surface area contributed by atoms with Crippen LogP contribution >= 0.6 is 0 Å². The van der Waals surface area contributed by atoms with Crippen molar-refractivity contribution in [1.29, 1.82) is 0 Å². The molecule has 0 aliphatic rings. The van der Waals surface area contributed by atoms with Gasteiger partial charge in [-0.15, -0.1) is 0 Å². The van der Waals surface area contributed by atoms with E-state index in [1.165, 1.54) is 0 Å². The third-order valence-electron chi connectivity index (χ3n) is 1.47. The highest BCUT2D eigenvalue weighted by molar-refractivity contribution is 5.87. The van der Waals surface area contributed by atoms with E-state index in [-0.39, 0.29) is 0 Å². The standard InChI is InChI=1S/C6H8O8/c7-2(5(11)12)1(4(9)10)3(8)6(13)14/h1-3,7-8H,(H,9,10)(H,11,12)(H,13,14)/t1?,2-,3+. The maximum absolute atomic E-state index is 10.3. The molecule has 0 rings (SSSR count). The van der Waals surface area contributed by atoms with Gasteiger partial charge in [-0.2, -0.15) is 0 Å². The third kappa shape index (κ3) is 2.68. The molecule has 0 amide bonds. The van der Waals surface area contributed by atoms with Crippen LogP contribution in [-0.4, -0.2) is 55.6 Å². The number of rotatable bonds is 5. The van der Waals surface area contributed by atoms with Crippen LogP contribution in [0.1, 0.15) is 0 Å². The molecule has 8 heteroatoms. The van der Waals surface area contributed by atoms with Crippen LogP contribution in [0.5, 0.6) is 0 Å². The average Bonchev–Trinajstić information content (AvgIpc) is 2.03. The molecule has 0 aromatic rings. The number of aliphatic hydroxyl groups excluding tert-OH is 2. The van der Waals surface area contributed by atoms with E-state index in [1.807, 2.05) is 0 Å². The zero-order valence-electron chi connectivity index (χ0n) is 6.69. The van der Waals surface area contributed by atoms with Gasteiger partial charge in [0.05, 0.1) is 0 Å². The lowest BCUT2D eigenvalue weighted by Crippen LogP contribution is -2.45. The molecule has 0 aromatic heterocycles. The lowest BCUT2D eigenvalue weighted by molar-refractivity contribution is -0.172. The fourth-order valence-corrected chi connectivity index (χ4v) is 0.750. The van der Waals surface area contributed by atoms with E-state index < -0.39 is 36.0 Å². The van der Waals surface area contributed by atoms with Crippen molar-refractivity contribution >= 4 is 17.9 Å². The monoisotopic (exact) mass is 208 g/mol. The average molecular weight is 208 g/mol. The van der Waals surface area contributed by atoms with Gasteiger partial charge < -0.3 is 25.5 Å². The molecule has 1 unspecified atom stereocenters. The van der Waals surface area contributed by atoms with Crippen LogP contribution < -0.4 is 0 Å². The Morgan fingerprint density at radius 2 is 1.00 bits per heavy atom. The number of carbonyl (C=O) groups is 3. The van der Waals surface area contributed by atoms with Crippen molar-refractivity contribution in [3.8, 4) is 0 Å². The molecular weight excluding hydrogens is 200 g/mol. The summed E-state index contributed by atoms with van der Waals surface area (Å²) in [6.07, 6.45) is -4.95. The van der Waals surface area contributed by atoms with E-state index in [4.69, 9.17) is 25.5 Å². The van der Waals surface area contributed by atoms with E-state index in [9.17, 15) is 14.4 Å². The van der Waals surface area contributed by atoms with Crippen molar-refractivity contribution in [3.63, 3.8) is 0 Å². The predicted octanol–water partition coefficient (Wildman–Crippen LogP) is -2.42. The summed E-state index contributed by atoms with van der Waals surface area (Å²) in [6.45, 7) is 0. The third-order valence-corrected chi connectivity index (χ3v) is 1.47. The quantitative estimate of drug-likeness (QED) is 0.334. The van der Waals surface area contributed by atoms with Gasteiger partial charge in [0.2, 0.25) is 0 Å². The number of carboxylic acids is 3. The van der Waals surface area contributed by atoms with Crippen LogP contribution in [0.15, 0.2) is 0 Å². The molecule has 3 atom stereocenters. The maximum Gasteiger partial charge on any atom is 0.333 e. The van der Waals surface area contributed by atoms with Crippen LogP contribution in [0.3, 0.4) is 0 Å². The van der Waals surface area contributed by atoms with E-state index in [2.05, 4.69) is 0 Å². The normalized spacial score (nSPS) is 16.7. The van der Waals surface area contributed by atoms with E-state index >= 15 is 0 Å². The minimum atomic E-state index is -2.47. The number of hydrogen-bond acceptors (Lipinski definition) is 5. The Morgan fingerprint density at radius 1 is 0.714 bits per heavy atom. The van der Waals surface area contributed by atoms with Gasteiger partial charge in [-0.25, -0.2) is 9.59 Å². The molecule has 0 radical (unpaired) electrons. The number of carboxylic acid groups (broad SMARTS) is 3. The zero-order valence-corrected chi connectivity index (χ0v) is 6.69. The molecule has 0 aliphatic carbocycles. The molecule has 14 heavy (non-hydrogen) atoms. The highest BCUT2D eigenvalue weighted by Crippen LogP contribution is 2.11. The van der Waals surface area contributed by atoms with Gasteiger partial charge in [-0.05, 0) is 0 Å². The van der Waals surface area contributed by atoms with Crippen LogP contribution in [0.2, 0.25) is 0 Å². The molecule has 0 aromatic carbocycles. The van der Waals surface area contributed by atoms with Crippen molar-refractivity contribution in [1.82, 2.24) is 0 Å². The first-order valence-corrected chi connectivity index (χ1v) is 3.33. The lowest BCUT2D eigenvalue weighted by atomic mass is 9.96. The Morgan fingerprint density at radius 3 is 1.14 bits per heavy atom. The topological polar surface area (TPSA) is 152 Å². The summed E-state index contributed by atoms with van der Waals surface area (Å²) in [7, 11) is 0. The SMILES string of the molecule is O=C(O)C([C@H](O)C(=O)O)[C@@H](O)C(=O)O. The Labute approximate surface area is 77.0 Å². The molecule has 0 saturated heterocycles. The molecule has 0 spiro atoms. The predicted molar refractivity (Wildman–Crippen MR) is 38.4 cm³/mol. The summed E-state index contributed by atoms with van der Waals surface area (Å²) in [4.78, 5) is 30.7. The van der Waals surface area contributed by atoms with Crippen LogP contribution in [0.4, 0.5) is 0 Å². The first-order chi connectivity index (χ1) is 6.29. The van der Waals surface area contributed by atoms with Gasteiger partial charge in [0.1, 0.15) is 5.92 Å². The molecule has 8 nitrogen and oxygen atoms in total. The molecule has 0 aliphatic heterocycles. The van der Waals surface area contributed by atoms with Crippen molar-refractivity contribution in [2.24, 2.45) is 5.92 Å². The fourth-order valence-electron chi connectivity index (χ4n) is 0.750. The molecule has 0 bridgehead atoms. The molecule has 0 fully saturated rings. The summed E-state index contributed by atoms with van der Waals surface area (Å²) in [5.41, 5.74) is 0. The second kappa shape index (κ2) is 4.53. The zero-order chi connectivity index (χ0) is 11.5. The minimum absolute atomic E-state index is 1.91. The molecular formula is C6H8O8. The van der Waals surface area contributed by atoms with Gasteiger partial charge >= 0.3 is 17.9 Å². The molecule has 0 heterocycles. The van der Waals surface area contributed by atoms with Crippen LogP contribution in [0.25, 0.3) is 0 Å². The van der Waals surface area contributed by atoms with Gasteiger partial charge in [-0.1, -0.05) is 0 Å². The Bertz CT molecular complexity index is 239. The molecule has 80 valence electrons. The summed E-state index contributed by atoms with van der Waals surface area (Å²) < 4.78 is 0. The highest BCUT2D eigenvalue weighted by Gasteiger charge is 2.41. The largest absolute Gasteiger partial charge is 0.481 e. The van der Waals surface area contributed by atoms with Gasteiger partial charge in [0, 0.05) is 0 Å². The molecule has 0 saturated carbocycles. The number of aliphatic carboxylic acids is 3. The highest BCUT2D eigenvalue weighted by atomic mass is 16.4. The number of hydrogen-bond donors (Lipinski definition) is 5. The van der Waals surface area contributed by atoms with Gasteiger partial charge in [-0.3, -0.25) is 4.79 Å². The second-order valence-corrected chi connectivity index (χ2v) is 2.43. The second-order valence-electron chi connectivity index (χ2n) is 2.43. The Hall–Kier alpha value is -1.67. The van der Waals surface area contributed by atoms with Crippen LogP contribution in [-0.2, 0) is 14.4 Å². The van der Waals surface area contributed by atoms with Gasteiger partial charge in [0.15, 0.2) is 12.2 Å². The Kier molecular flexibility index (Phi) is 3.99. The fraction of sp³-hybridized carbons (Fsp3) is 0.500. The minimum Gasteiger partial charge on any atom is -0.481 e. The van der Waals surface area contributed by atoms with Crippen molar-refractivity contribution in [2.45, 2.75) is 12.2 Å². The maximum atomic E-state index is 10.3. The van der Waals surface area contributed by atoms with Crippen LogP contribution in [0, 0.1) is 5.92 Å². The van der Waals surface area contributed by atoms with Crippen molar-refractivity contribution < 1.29 is 39.9 Å². The Balaban J connectivity index is 4.86. The summed E-state index contributed by atoms with van der Waals surface area (Å²) in [5.74, 6) is -8.05. The van der Waals surface area contributed by atoms with E-state index in [0.29, 0.717) is 0 Å².